The van der Waals surface area contributed by atoms with Crippen LogP contribution in [0, 0.1) is 6.92 Å². The Balaban J connectivity index is 2.30. The summed E-state index contributed by atoms with van der Waals surface area (Å²) in [6.07, 6.45) is -0.250. The molecule has 0 amide bonds. The molecular formula is C10H9ClN4O2. The maximum absolute atomic E-state index is 10.5. The van der Waals surface area contributed by atoms with Crippen LogP contribution in [0.2, 0.25) is 5.02 Å². The molecule has 7 heteroatoms. The van der Waals surface area contributed by atoms with Gasteiger partial charge in [0.15, 0.2) is 5.82 Å². The average Bonchev–Trinajstić information content (AvgIpc) is 2.69. The fourth-order valence-corrected chi connectivity index (χ4v) is 1.44. The summed E-state index contributed by atoms with van der Waals surface area (Å²) in [7, 11) is 0. The second kappa shape index (κ2) is 4.50. The zero-order chi connectivity index (χ0) is 12.4. The van der Waals surface area contributed by atoms with Crippen LogP contribution in [0.15, 0.2) is 18.2 Å². The number of carboxylic acids is 1. The third-order valence-electron chi connectivity index (χ3n) is 2.15. The predicted molar refractivity (Wildman–Crippen MR) is 60.2 cm³/mol. The van der Waals surface area contributed by atoms with Crippen molar-refractivity contribution < 1.29 is 9.90 Å². The number of hydrogen-bond acceptors (Lipinski definition) is 4. The summed E-state index contributed by atoms with van der Waals surface area (Å²) in [6.45, 7) is 1.89. The first-order chi connectivity index (χ1) is 8.06. The smallest absolute Gasteiger partial charge is 0.311 e. The molecular weight excluding hydrogens is 244 g/mol. The van der Waals surface area contributed by atoms with Crippen LogP contribution in [0.25, 0.3) is 5.69 Å². The minimum Gasteiger partial charge on any atom is -0.481 e. The van der Waals surface area contributed by atoms with Crippen LogP contribution in [-0.4, -0.2) is 31.3 Å². The summed E-state index contributed by atoms with van der Waals surface area (Å²) in [4.78, 5) is 11.7. The summed E-state index contributed by atoms with van der Waals surface area (Å²) in [5, 5.41) is 20.5. The summed E-state index contributed by atoms with van der Waals surface area (Å²) in [5.41, 5.74) is 1.59. The topological polar surface area (TPSA) is 80.9 Å². The molecule has 0 aliphatic heterocycles. The van der Waals surface area contributed by atoms with Gasteiger partial charge in [0, 0.05) is 5.02 Å². The highest BCUT2D eigenvalue weighted by Crippen LogP contribution is 2.18. The lowest BCUT2D eigenvalue weighted by Gasteiger charge is -2.01. The zero-order valence-corrected chi connectivity index (χ0v) is 9.72. The molecule has 0 aliphatic rings. The molecule has 1 heterocycles. The Hall–Kier alpha value is -1.95. The lowest BCUT2D eigenvalue weighted by atomic mass is 10.2. The molecule has 2 aromatic rings. The number of carbonyl (C=O) groups is 1. The van der Waals surface area contributed by atoms with E-state index in [-0.39, 0.29) is 12.2 Å². The minimum atomic E-state index is -0.994. The van der Waals surface area contributed by atoms with Crippen LogP contribution < -0.4 is 0 Å². The van der Waals surface area contributed by atoms with Crippen molar-refractivity contribution in [1.29, 1.82) is 0 Å². The third kappa shape index (κ3) is 2.59. The Morgan fingerprint density at radius 3 is 2.94 bits per heavy atom. The number of benzene rings is 1. The van der Waals surface area contributed by atoms with Gasteiger partial charge in [0.2, 0.25) is 0 Å². The highest BCUT2D eigenvalue weighted by molar-refractivity contribution is 6.31. The highest BCUT2D eigenvalue weighted by atomic mass is 35.5. The Bertz CT molecular complexity index is 567. The number of tetrazole rings is 1. The summed E-state index contributed by atoms with van der Waals surface area (Å²) in [6, 6.07) is 5.31. The number of aromatic nitrogens is 4. The van der Waals surface area contributed by atoms with Crippen LogP contribution in [0.5, 0.6) is 0 Å². The quantitative estimate of drug-likeness (QED) is 0.889. The molecule has 0 unspecified atom stereocenters. The number of nitrogens with zero attached hydrogens (tertiary/aromatic N) is 4. The van der Waals surface area contributed by atoms with E-state index in [1.165, 1.54) is 4.80 Å². The molecule has 0 saturated heterocycles. The van der Waals surface area contributed by atoms with E-state index in [0.29, 0.717) is 10.7 Å². The van der Waals surface area contributed by atoms with Gasteiger partial charge in [-0.2, -0.15) is 0 Å². The third-order valence-corrected chi connectivity index (χ3v) is 2.56. The van der Waals surface area contributed by atoms with Gasteiger partial charge in [-0.1, -0.05) is 17.7 Å². The van der Waals surface area contributed by atoms with Gasteiger partial charge in [0.25, 0.3) is 0 Å². The van der Waals surface area contributed by atoms with Crippen molar-refractivity contribution in [1.82, 2.24) is 20.2 Å². The molecule has 88 valence electrons. The van der Waals surface area contributed by atoms with Gasteiger partial charge in [-0.25, -0.2) is 0 Å². The van der Waals surface area contributed by atoms with Gasteiger partial charge in [-0.15, -0.1) is 15.0 Å². The number of aliphatic carboxylic acids is 1. The van der Waals surface area contributed by atoms with Crippen molar-refractivity contribution in [3.05, 3.63) is 34.6 Å². The molecule has 0 radical (unpaired) electrons. The molecule has 0 fully saturated rings. The Kier molecular flexibility index (Phi) is 3.06. The zero-order valence-electron chi connectivity index (χ0n) is 8.96. The first-order valence-electron chi connectivity index (χ1n) is 4.83. The van der Waals surface area contributed by atoms with E-state index in [2.05, 4.69) is 15.4 Å². The fourth-order valence-electron chi connectivity index (χ4n) is 1.26. The van der Waals surface area contributed by atoms with Crippen molar-refractivity contribution in [2.75, 3.05) is 0 Å². The molecule has 1 aromatic heterocycles. The normalized spacial score (nSPS) is 10.5. The van der Waals surface area contributed by atoms with Gasteiger partial charge < -0.3 is 5.11 Å². The van der Waals surface area contributed by atoms with Crippen molar-refractivity contribution in [2.45, 2.75) is 13.3 Å². The Labute approximate surface area is 102 Å². The average molecular weight is 253 g/mol. The van der Waals surface area contributed by atoms with Gasteiger partial charge in [-0.3, -0.25) is 4.79 Å². The number of rotatable bonds is 3. The molecule has 2 rings (SSSR count). The molecule has 17 heavy (non-hydrogen) atoms. The van der Waals surface area contributed by atoms with Gasteiger partial charge in [0.1, 0.15) is 6.42 Å². The molecule has 0 spiro atoms. The maximum atomic E-state index is 10.5. The van der Waals surface area contributed by atoms with E-state index in [9.17, 15) is 4.79 Å². The summed E-state index contributed by atoms with van der Waals surface area (Å²) >= 11 is 5.97. The number of carboxylic acid groups (broad SMARTS) is 1. The molecule has 0 saturated carbocycles. The predicted octanol–water partition coefficient (Wildman–Crippen LogP) is 1.25. The summed E-state index contributed by atoms with van der Waals surface area (Å²) in [5.74, 6) is -0.833. The number of aryl methyl sites for hydroxylation is 1. The van der Waals surface area contributed by atoms with Crippen LogP contribution in [0.3, 0.4) is 0 Å². The molecule has 0 aliphatic carbocycles. The van der Waals surface area contributed by atoms with Crippen LogP contribution in [-0.2, 0) is 11.2 Å². The monoisotopic (exact) mass is 252 g/mol. The van der Waals surface area contributed by atoms with Crippen LogP contribution >= 0.6 is 11.6 Å². The standard InChI is InChI=1S/C10H9ClN4O2/c1-6-2-3-7(4-8(6)11)15-13-9(12-14-15)5-10(16)17/h2-4H,5H2,1H3,(H,16,17). The van der Waals surface area contributed by atoms with Gasteiger partial charge in [0.05, 0.1) is 5.69 Å². The fraction of sp³-hybridized carbons (Fsp3) is 0.200. The Morgan fingerprint density at radius 1 is 1.53 bits per heavy atom. The second-order valence-electron chi connectivity index (χ2n) is 3.50. The molecule has 0 atom stereocenters. The number of halogens is 1. The van der Waals surface area contributed by atoms with Gasteiger partial charge in [-0.05, 0) is 29.8 Å². The molecule has 1 N–H and O–H groups in total. The van der Waals surface area contributed by atoms with Crippen LogP contribution in [0.4, 0.5) is 0 Å². The lowest BCUT2D eigenvalue weighted by molar-refractivity contribution is -0.136. The minimum absolute atomic E-state index is 0.161. The van der Waals surface area contributed by atoms with Crippen molar-refractivity contribution in [2.24, 2.45) is 0 Å². The van der Waals surface area contributed by atoms with E-state index < -0.39 is 5.97 Å². The number of hydrogen-bond donors (Lipinski definition) is 1. The SMILES string of the molecule is Cc1ccc(-n2nnc(CC(=O)O)n2)cc1Cl. The van der Waals surface area contributed by atoms with E-state index in [0.717, 1.165) is 5.56 Å². The largest absolute Gasteiger partial charge is 0.481 e. The lowest BCUT2D eigenvalue weighted by Crippen LogP contribution is -2.03. The van der Waals surface area contributed by atoms with E-state index in [1.54, 1.807) is 12.1 Å². The van der Waals surface area contributed by atoms with E-state index >= 15 is 0 Å². The van der Waals surface area contributed by atoms with Crippen molar-refractivity contribution >= 4 is 17.6 Å². The van der Waals surface area contributed by atoms with E-state index in [1.807, 2.05) is 13.0 Å². The molecule has 6 nitrogen and oxygen atoms in total. The van der Waals surface area contributed by atoms with Crippen LogP contribution in [0.1, 0.15) is 11.4 Å². The van der Waals surface area contributed by atoms with Gasteiger partial charge >= 0.3 is 5.97 Å². The molecule has 0 bridgehead atoms. The first-order valence-corrected chi connectivity index (χ1v) is 5.21. The first kappa shape index (κ1) is 11.5. The van der Waals surface area contributed by atoms with Crippen molar-refractivity contribution in [3.8, 4) is 5.69 Å². The summed E-state index contributed by atoms with van der Waals surface area (Å²) < 4.78 is 0. The van der Waals surface area contributed by atoms with E-state index in [4.69, 9.17) is 16.7 Å². The second-order valence-corrected chi connectivity index (χ2v) is 3.91. The maximum Gasteiger partial charge on any atom is 0.311 e. The Morgan fingerprint density at radius 2 is 2.29 bits per heavy atom. The van der Waals surface area contributed by atoms with Crippen molar-refractivity contribution in [3.63, 3.8) is 0 Å². The highest BCUT2D eigenvalue weighted by Gasteiger charge is 2.09. The molecule has 1 aromatic carbocycles.